The summed E-state index contributed by atoms with van der Waals surface area (Å²) >= 11 is 1.30. The fourth-order valence-electron chi connectivity index (χ4n) is 1.32. The van der Waals surface area contributed by atoms with Crippen molar-refractivity contribution < 1.29 is 29.1 Å². The SMILES string of the molecule is C1COCC[Se]CCOCCOCC[Se]CCO1.O=[N+]([O-])[O-].O=[N+]([O-])[O-].[Pb+2]. The van der Waals surface area contributed by atoms with Gasteiger partial charge in [-0.3, -0.25) is 0 Å². The van der Waals surface area contributed by atoms with E-state index in [0.717, 1.165) is 52.9 Å². The van der Waals surface area contributed by atoms with Gasteiger partial charge >= 0.3 is 150 Å². The Hall–Kier alpha value is 0.201. The molecule has 1 aliphatic rings. The van der Waals surface area contributed by atoms with Crippen LogP contribution in [0.4, 0.5) is 0 Å². The van der Waals surface area contributed by atoms with Gasteiger partial charge in [0.05, 0.1) is 10.2 Å². The van der Waals surface area contributed by atoms with E-state index in [1.165, 1.54) is 21.3 Å². The van der Waals surface area contributed by atoms with Gasteiger partial charge in [0.1, 0.15) is 0 Å². The minimum Gasteiger partial charge on any atom is -0.356 e. The summed E-state index contributed by atoms with van der Waals surface area (Å²) in [5, 5.41) is 34.2. The molecule has 1 rings (SSSR count). The van der Waals surface area contributed by atoms with Gasteiger partial charge in [-0.25, -0.2) is 0 Å². The number of ether oxygens (including phenoxy) is 4. The van der Waals surface area contributed by atoms with Crippen molar-refractivity contribution in [3.05, 3.63) is 30.6 Å². The maximum Gasteiger partial charge on any atom is 2.00 e. The standard InChI is InChI=1S/C12H24O4Se2.2NO3.Pb/c1-2-14-6-10-18-12-8-16-4-3-15-7-11-17-9-5-13-1;2*2-1(3)4;/h1-12H2;;;/q;2*-1;+2. The molecule has 0 atom stereocenters. The van der Waals surface area contributed by atoms with Crippen LogP contribution in [0.25, 0.3) is 0 Å². The van der Waals surface area contributed by atoms with Crippen LogP contribution in [0.5, 0.6) is 0 Å². The Kier molecular flexibility index (Phi) is 33.5. The molecule has 0 spiro atoms. The van der Waals surface area contributed by atoms with Crippen molar-refractivity contribution in [2.75, 3.05) is 52.9 Å². The van der Waals surface area contributed by atoms with Gasteiger partial charge in [-0.05, 0) is 0 Å². The Morgan fingerprint density at radius 3 is 0.889 bits per heavy atom. The van der Waals surface area contributed by atoms with Crippen molar-refractivity contribution in [3.63, 3.8) is 0 Å². The number of nitrogens with zero attached hydrogens (tertiary/aromatic N) is 2. The molecule has 1 saturated heterocycles. The van der Waals surface area contributed by atoms with Gasteiger partial charge in [0, 0.05) is 0 Å². The van der Waals surface area contributed by atoms with Crippen molar-refractivity contribution in [3.8, 4) is 0 Å². The van der Waals surface area contributed by atoms with E-state index in [4.69, 9.17) is 49.6 Å². The average molecular weight is 721 g/mol. The van der Waals surface area contributed by atoms with Crippen molar-refractivity contribution in [1.82, 2.24) is 0 Å². The first-order chi connectivity index (χ1) is 12.5. The maximum absolute atomic E-state index is 8.25. The first kappa shape index (κ1) is 31.9. The molecular formula is C12H24N2O10PbSe2. The van der Waals surface area contributed by atoms with E-state index in [9.17, 15) is 0 Å². The Morgan fingerprint density at radius 1 is 0.519 bits per heavy atom. The summed E-state index contributed by atoms with van der Waals surface area (Å²) in [6, 6.07) is 0. The second-order valence-corrected chi connectivity index (χ2v) is 9.26. The molecule has 0 aromatic rings. The monoisotopic (exact) mass is 724 g/mol. The summed E-state index contributed by atoms with van der Waals surface area (Å²) in [6.07, 6.45) is 0. The molecule has 0 amide bonds. The van der Waals surface area contributed by atoms with Crippen LogP contribution in [-0.4, -0.2) is 120 Å². The number of hydrogen-bond donors (Lipinski definition) is 0. The Balaban J connectivity index is -0.000000543. The van der Waals surface area contributed by atoms with Gasteiger partial charge in [0.15, 0.2) is 0 Å². The fraction of sp³-hybridized carbons (Fsp3) is 1.00. The molecule has 2 radical (unpaired) electrons. The molecule has 1 heterocycles. The van der Waals surface area contributed by atoms with E-state index < -0.39 is 10.2 Å². The predicted molar refractivity (Wildman–Crippen MR) is 100 cm³/mol. The summed E-state index contributed by atoms with van der Waals surface area (Å²) in [5.41, 5.74) is 0. The van der Waals surface area contributed by atoms with Crippen LogP contribution in [0.2, 0.25) is 21.3 Å². The summed E-state index contributed by atoms with van der Waals surface area (Å²) in [6.45, 7) is 6.44. The zero-order valence-electron chi connectivity index (χ0n) is 14.8. The van der Waals surface area contributed by atoms with E-state index in [1.54, 1.807) is 0 Å². The van der Waals surface area contributed by atoms with Gasteiger partial charge in [0.2, 0.25) is 0 Å². The van der Waals surface area contributed by atoms with Crippen LogP contribution in [0.1, 0.15) is 0 Å². The molecule has 12 nitrogen and oxygen atoms in total. The minimum atomic E-state index is -1.75. The van der Waals surface area contributed by atoms with Gasteiger partial charge < -0.3 is 30.6 Å². The minimum absolute atomic E-state index is 0. The first-order valence-corrected chi connectivity index (χ1v) is 12.4. The van der Waals surface area contributed by atoms with Crippen LogP contribution >= 0.6 is 0 Å². The largest absolute Gasteiger partial charge is 2.00 e. The van der Waals surface area contributed by atoms with E-state index in [0.29, 0.717) is 29.9 Å². The van der Waals surface area contributed by atoms with Crippen molar-refractivity contribution >= 4 is 57.2 Å². The molecule has 0 N–H and O–H groups in total. The van der Waals surface area contributed by atoms with Gasteiger partial charge in [-0.15, -0.1) is 0 Å². The second kappa shape index (κ2) is 28.4. The summed E-state index contributed by atoms with van der Waals surface area (Å²) in [4.78, 5) is 16.5. The molecule has 0 aromatic heterocycles. The second-order valence-electron chi connectivity index (χ2n) is 4.12. The van der Waals surface area contributed by atoms with Crippen molar-refractivity contribution in [2.24, 2.45) is 0 Å². The van der Waals surface area contributed by atoms with Crippen molar-refractivity contribution in [2.45, 2.75) is 21.3 Å². The normalized spacial score (nSPS) is 17.8. The van der Waals surface area contributed by atoms with Gasteiger partial charge in [-0.2, -0.15) is 0 Å². The molecule has 27 heavy (non-hydrogen) atoms. The number of hydrogen-bond acceptors (Lipinski definition) is 10. The Labute approximate surface area is 190 Å². The van der Waals surface area contributed by atoms with E-state index >= 15 is 0 Å². The molecule has 0 saturated carbocycles. The summed E-state index contributed by atoms with van der Waals surface area (Å²) < 4.78 is 22.1. The van der Waals surface area contributed by atoms with E-state index in [1.807, 2.05) is 0 Å². The summed E-state index contributed by atoms with van der Waals surface area (Å²) in [5.74, 6) is 0. The smallest absolute Gasteiger partial charge is 0.356 e. The predicted octanol–water partition coefficient (Wildman–Crippen LogP) is 0.289. The quantitative estimate of drug-likeness (QED) is 0.193. The van der Waals surface area contributed by atoms with Crippen LogP contribution in [0, 0.1) is 30.6 Å². The molecule has 15 heteroatoms. The first-order valence-electron chi connectivity index (χ1n) is 7.56. The molecule has 158 valence electrons. The van der Waals surface area contributed by atoms with Crippen LogP contribution in [0.15, 0.2) is 0 Å². The van der Waals surface area contributed by atoms with Crippen LogP contribution < -0.4 is 0 Å². The zero-order chi connectivity index (χ0) is 19.9. The maximum atomic E-state index is 8.25. The summed E-state index contributed by atoms with van der Waals surface area (Å²) in [7, 11) is 0. The molecule has 0 aliphatic carbocycles. The molecule has 0 unspecified atom stereocenters. The molecule has 0 aromatic carbocycles. The van der Waals surface area contributed by atoms with E-state index in [-0.39, 0.29) is 27.3 Å². The van der Waals surface area contributed by atoms with Gasteiger partial charge in [-0.1, -0.05) is 0 Å². The fourth-order valence-corrected chi connectivity index (χ4v) is 4.15. The van der Waals surface area contributed by atoms with Crippen LogP contribution in [-0.2, 0) is 18.9 Å². The molecular weight excluding hydrogens is 697 g/mol. The molecule has 1 aliphatic heterocycles. The van der Waals surface area contributed by atoms with Crippen molar-refractivity contribution in [1.29, 1.82) is 0 Å². The Bertz CT molecular complexity index is 239. The van der Waals surface area contributed by atoms with Gasteiger partial charge in [0.25, 0.3) is 0 Å². The zero-order valence-corrected chi connectivity index (χ0v) is 22.1. The van der Waals surface area contributed by atoms with E-state index in [2.05, 4.69) is 0 Å². The van der Waals surface area contributed by atoms with Crippen LogP contribution in [0.3, 0.4) is 0 Å². The molecule has 0 bridgehead atoms. The average Bonchev–Trinajstić information content (AvgIpc) is 2.54. The third-order valence-corrected chi connectivity index (χ3v) is 6.05. The Morgan fingerprint density at radius 2 is 0.704 bits per heavy atom. The number of rotatable bonds is 0. The molecule has 1 fully saturated rings. The third kappa shape index (κ3) is 46.3. The third-order valence-electron chi connectivity index (χ3n) is 2.23. The topological polar surface area (TPSA) is 169 Å².